The van der Waals surface area contributed by atoms with Crippen LogP contribution in [0, 0.1) is 5.41 Å². The predicted octanol–water partition coefficient (Wildman–Crippen LogP) is 1.81. The van der Waals surface area contributed by atoms with Crippen LogP contribution < -0.4 is 5.32 Å². The van der Waals surface area contributed by atoms with E-state index in [1.54, 1.807) is 23.3 Å². The summed E-state index contributed by atoms with van der Waals surface area (Å²) in [6, 6.07) is 0. The fraction of sp³-hybridized carbons (Fsp3) is 0.625. The molecule has 1 N–H and O–H groups in total. The molecule has 0 bridgehead atoms. The first-order valence-electron chi connectivity index (χ1n) is 7.69. The van der Waals surface area contributed by atoms with Gasteiger partial charge in [-0.05, 0) is 37.8 Å². The smallest absolute Gasteiger partial charge is 0.256 e. The lowest BCUT2D eigenvalue weighted by Crippen LogP contribution is -2.49. The van der Waals surface area contributed by atoms with Gasteiger partial charge in [-0.3, -0.25) is 4.79 Å². The third-order valence-corrected chi connectivity index (χ3v) is 4.68. The van der Waals surface area contributed by atoms with Crippen LogP contribution in [0.1, 0.15) is 41.0 Å². The second-order valence-corrected chi connectivity index (χ2v) is 9.65. The van der Waals surface area contributed by atoms with Gasteiger partial charge in [-0.1, -0.05) is 20.8 Å². The number of rotatable bonds is 3. The van der Waals surface area contributed by atoms with E-state index in [1.165, 1.54) is 0 Å². The van der Waals surface area contributed by atoms with Crippen molar-refractivity contribution < 1.29 is 13.2 Å². The van der Waals surface area contributed by atoms with E-state index in [9.17, 15) is 13.2 Å². The average molecular weight is 339 g/mol. The maximum absolute atomic E-state index is 12.6. The number of nitrogens with zero attached hydrogens (tertiary/aromatic N) is 2. The number of allylic oxidation sites excluding steroid dienone is 2. The normalized spacial score (nSPS) is 20.5. The Morgan fingerprint density at radius 2 is 1.96 bits per heavy atom. The Bertz CT molecular complexity index is 695. The van der Waals surface area contributed by atoms with Crippen molar-refractivity contribution in [2.45, 2.75) is 46.6 Å². The summed E-state index contributed by atoms with van der Waals surface area (Å²) in [7, 11) is -3.50. The fourth-order valence-corrected chi connectivity index (χ4v) is 4.12. The molecular formula is C16H25N3O3S. The molecule has 0 unspecified atom stereocenters. The van der Waals surface area contributed by atoms with E-state index in [0.717, 1.165) is 6.42 Å². The van der Waals surface area contributed by atoms with Gasteiger partial charge >= 0.3 is 0 Å². The second kappa shape index (κ2) is 5.78. The Morgan fingerprint density at radius 1 is 1.30 bits per heavy atom. The molecule has 0 aromatic rings. The highest BCUT2D eigenvalue weighted by Gasteiger charge is 2.33. The molecule has 2 rings (SSSR count). The quantitative estimate of drug-likeness (QED) is 0.850. The fourth-order valence-electron chi connectivity index (χ4n) is 3.14. The van der Waals surface area contributed by atoms with E-state index in [1.807, 2.05) is 13.8 Å². The molecule has 0 radical (unpaired) electrons. The summed E-state index contributed by atoms with van der Waals surface area (Å²) in [6.45, 7) is 10.6. The van der Waals surface area contributed by atoms with Gasteiger partial charge in [0.2, 0.25) is 0 Å². The van der Waals surface area contributed by atoms with Crippen LogP contribution in [-0.2, 0) is 14.8 Å². The third kappa shape index (κ3) is 4.67. The maximum atomic E-state index is 12.6. The minimum Gasteiger partial charge on any atom is -0.347 e. The number of carbonyl (C=O) groups excluding carboxylic acids is 1. The van der Waals surface area contributed by atoms with Crippen LogP contribution in [0.5, 0.6) is 0 Å². The summed E-state index contributed by atoms with van der Waals surface area (Å²) in [6.07, 6.45) is 5.88. The third-order valence-electron chi connectivity index (χ3n) is 3.53. The first kappa shape index (κ1) is 17.7. The summed E-state index contributed by atoms with van der Waals surface area (Å²) in [4.78, 5) is 14.4. The van der Waals surface area contributed by atoms with Gasteiger partial charge in [0, 0.05) is 18.3 Å². The summed E-state index contributed by atoms with van der Waals surface area (Å²) in [5, 5.41) is 3.00. The van der Waals surface area contributed by atoms with Gasteiger partial charge < -0.3 is 10.2 Å². The van der Waals surface area contributed by atoms with Crippen LogP contribution in [0.15, 0.2) is 28.3 Å². The van der Waals surface area contributed by atoms with Gasteiger partial charge in [-0.25, -0.2) is 8.42 Å². The molecule has 2 aliphatic heterocycles. The van der Waals surface area contributed by atoms with Gasteiger partial charge in [-0.15, -0.1) is 4.40 Å². The van der Waals surface area contributed by atoms with Crippen LogP contribution in [0.25, 0.3) is 0 Å². The molecular weight excluding hydrogens is 314 g/mol. The number of fused-ring (bicyclic) bond motifs is 1. The number of nitrogens with one attached hydrogen (secondary N) is 1. The molecule has 0 saturated heterocycles. The standard InChI is InChI=1S/C16H25N3O3S/c1-15(2,3)11-16(4,5)17-14(20)12-7-6-8-19-9-10-23(21,22)18-13(12)19/h6-8H,9-11H2,1-5H3,(H,17,20). The zero-order chi connectivity index (χ0) is 17.5. The zero-order valence-electron chi connectivity index (χ0n) is 14.4. The summed E-state index contributed by atoms with van der Waals surface area (Å²) in [5.74, 6) is -0.127. The molecule has 0 aromatic carbocycles. The lowest BCUT2D eigenvalue weighted by Gasteiger charge is -2.35. The highest BCUT2D eigenvalue weighted by Crippen LogP contribution is 2.27. The summed E-state index contributed by atoms with van der Waals surface area (Å²) < 4.78 is 27.3. The Balaban J connectivity index is 2.23. The van der Waals surface area contributed by atoms with Gasteiger partial charge in [0.25, 0.3) is 15.9 Å². The lowest BCUT2D eigenvalue weighted by atomic mass is 9.81. The van der Waals surface area contributed by atoms with Crippen LogP contribution in [0.4, 0.5) is 0 Å². The summed E-state index contributed by atoms with van der Waals surface area (Å²) in [5.41, 5.74) is -0.0520. The molecule has 2 heterocycles. The highest BCUT2D eigenvalue weighted by atomic mass is 32.2. The van der Waals surface area contributed by atoms with E-state index < -0.39 is 15.6 Å². The van der Waals surface area contributed by atoms with E-state index in [2.05, 4.69) is 30.5 Å². The largest absolute Gasteiger partial charge is 0.347 e. The molecule has 6 nitrogen and oxygen atoms in total. The minimum atomic E-state index is -3.50. The van der Waals surface area contributed by atoms with E-state index in [-0.39, 0.29) is 28.5 Å². The van der Waals surface area contributed by atoms with Gasteiger partial charge in [0.1, 0.15) is 0 Å². The molecule has 23 heavy (non-hydrogen) atoms. The van der Waals surface area contributed by atoms with Crippen molar-refractivity contribution >= 4 is 21.8 Å². The van der Waals surface area contributed by atoms with Crippen molar-refractivity contribution in [1.29, 1.82) is 0 Å². The number of sulfonamides is 1. The Kier molecular flexibility index (Phi) is 4.45. The molecule has 128 valence electrons. The number of amidine groups is 1. The van der Waals surface area contributed by atoms with Crippen molar-refractivity contribution in [3.8, 4) is 0 Å². The topological polar surface area (TPSA) is 78.8 Å². The molecule has 0 fully saturated rings. The molecule has 0 aromatic heterocycles. The number of hydrogen-bond acceptors (Lipinski definition) is 4. The second-order valence-electron chi connectivity index (χ2n) is 7.89. The van der Waals surface area contributed by atoms with Gasteiger partial charge in [0.15, 0.2) is 5.84 Å². The number of carbonyl (C=O) groups is 1. The SMILES string of the molecule is CC(C)(C)CC(C)(C)NC(=O)C1=CC=CN2CCS(=O)(=O)N=C12. The van der Waals surface area contributed by atoms with Crippen molar-refractivity contribution in [2.75, 3.05) is 12.3 Å². The number of amides is 1. The van der Waals surface area contributed by atoms with Crippen molar-refractivity contribution in [3.05, 3.63) is 23.9 Å². The Morgan fingerprint density at radius 3 is 2.57 bits per heavy atom. The van der Waals surface area contributed by atoms with E-state index in [0.29, 0.717) is 6.54 Å². The molecule has 2 aliphatic rings. The van der Waals surface area contributed by atoms with Gasteiger partial charge in [0.05, 0.1) is 11.3 Å². The maximum Gasteiger partial charge on any atom is 0.256 e. The van der Waals surface area contributed by atoms with Crippen LogP contribution in [-0.4, -0.2) is 42.9 Å². The zero-order valence-corrected chi connectivity index (χ0v) is 15.2. The first-order valence-corrected chi connectivity index (χ1v) is 9.30. The first-order chi connectivity index (χ1) is 10.4. The van der Waals surface area contributed by atoms with Crippen molar-refractivity contribution in [3.63, 3.8) is 0 Å². The summed E-state index contributed by atoms with van der Waals surface area (Å²) >= 11 is 0. The highest BCUT2D eigenvalue weighted by molar-refractivity contribution is 7.90. The van der Waals surface area contributed by atoms with Crippen molar-refractivity contribution in [1.82, 2.24) is 10.2 Å². The van der Waals surface area contributed by atoms with Crippen LogP contribution in [0.2, 0.25) is 0 Å². The molecule has 0 aliphatic carbocycles. The predicted molar refractivity (Wildman–Crippen MR) is 91.4 cm³/mol. The lowest BCUT2D eigenvalue weighted by molar-refractivity contribution is -0.118. The molecule has 0 saturated carbocycles. The minimum absolute atomic E-state index is 0.0365. The monoisotopic (exact) mass is 339 g/mol. The van der Waals surface area contributed by atoms with Crippen LogP contribution in [0.3, 0.4) is 0 Å². The van der Waals surface area contributed by atoms with Crippen molar-refractivity contribution in [2.24, 2.45) is 9.81 Å². The molecule has 1 amide bonds. The number of hydrogen-bond donors (Lipinski definition) is 1. The Labute approximate surface area is 138 Å². The Hall–Kier alpha value is -1.63. The molecule has 0 spiro atoms. The van der Waals surface area contributed by atoms with E-state index >= 15 is 0 Å². The average Bonchev–Trinajstić information content (AvgIpc) is 2.33. The molecule has 7 heteroatoms. The van der Waals surface area contributed by atoms with Crippen LogP contribution >= 0.6 is 0 Å². The van der Waals surface area contributed by atoms with Gasteiger partial charge in [-0.2, -0.15) is 0 Å². The molecule has 0 atom stereocenters. The van der Waals surface area contributed by atoms with E-state index in [4.69, 9.17) is 0 Å².